The second kappa shape index (κ2) is 5.63. The fourth-order valence-corrected chi connectivity index (χ4v) is 3.11. The molecule has 2 nitrogen and oxygen atoms in total. The van der Waals surface area contributed by atoms with E-state index >= 15 is 0 Å². The molecule has 110 valence electrons. The Balaban J connectivity index is 2.35. The number of hydrogen-bond donors (Lipinski definition) is 0. The number of rotatable bonds is 1. The molecule has 0 spiro atoms. The largest absolute Gasteiger partial charge is 0.419 e. The average Bonchev–Trinajstić information content (AvgIpc) is 2.37. The first kappa shape index (κ1) is 15.2. The summed E-state index contributed by atoms with van der Waals surface area (Å²) < 4.78 is 51.9. The van der Waals surface area contributed by atoms with Crippen LogP contribution in [-0.2, 0) is 6.18 Å². The molecule has 1 fully saturated rings. The van der Waals surface area contributed by atoms with Crippen molar-refractivity contribution >= 4 is 17.7 Å². The summed E-state index contributed by atoms with van der Waals surface area (Å²) in [6.45, 7) is 2.22. The van der Waals surface area contributed by atoms with E-state index in [1.807, 2.05) is 0 Å². The van der Waals surface area contributed by atoms with E-state index in [4.69, 9.17) is 0 Å². The normalized spacial score (nSPS) is 20.1. The summed E-state index contributed by atoms with van der Waals surface area (Å²) in [6.07, 6.45) is -4.80. The molecule has 0 saturated carbocycles. The zero-order valence-electron chi connectivity index (χ0n) is 10.7. The topological polar surface area (TPSA) is 20.3 Å². The highest BCUT2D eigenvalue weighted by Gasteiger charge is 2.36. The van der Waals surface area contributed by atoms with Crippen molar-refractivity contribution in [3.63, 3.8) is 0 Å². The third kappa shape index (κ3) is 2.92. The quantitative estimate of drug-likeness (QED) is 0.741. The van der Waals surface area contributed by atoms with Crippen molar-refractivity contribution < 1.29 is 22.4 Å². The maximum Gasteiger partial charge on any atom is 0.419 e. The maximum absolute atomic E-state index is 13.9. The Kier molecular flexibility index (Phi) is 4.27. The molecule has 1 heterocycles. The standard InChI is InChI=1S/C13H13F4NOS/c1-8-7-20-6-5-18(8)12(19)9-3-2-4-10(11(9)14)13(15,16)17/h2-4,8H,5-7H2,1H3. The molecule has 20 heavy (non-hydrogen) atoms. The monoisotopic (exact) mass is 307 g/mol. The van der Waals surface area contributed by atoms with E-state index in [0.29, 0.717) is 24.1 Å². The van der Waals surface area contributed by atoms with Crippen LogP contribution in [0.4, 0.5) is 17.6 Å². The molecule has 2 rings (SSSR count). The summed E-state index contributed by atoms with van der Waals surface area (Å²) >= 11 is 1.66. The van der Waals surface area contributed by atoms with Crippen molar-refractivity contribution in [3.05, 3.63) is 35.1 Å². The van der Waals surface area contributed by atoms with Crippen LogP contribution in [0.2, 0.25) is 0 Å². The molecule has 1 amide bonds. The van der Waals surface area contributed by atoms with Gasteiger partial charge in [0.1, 0.15) is 5.82 Å². The minimum absolute atomic E-state index is 0.116. The Morgan fingerprint density at radius 1 is 1.40 bits per heavy atom. The molecule has 7 heteroatoms. The van der Waals surface area contributed by atoms with Gasteiger partial charge in [0, 0.05) is 24.1 Å². The van der Waals surface area contributed by atoms with Crippen LogP contribution < -0.4 is 0 Å². The summed E-state index contributed by atoms with van der Waals surface area (Å²) in [7, 11) is 0. The Hall–Kier alpha value is -1.24. The van der Waals surface area contributed by atoms with Crippen LogP contribution in [-0.4, -0.2) is 34.9 Å². The zero-order chi connectivity index (χ0) is 14.9. The molecule has 1 aliphatic heterocycles. The van der Waals surface area contributed by atoms with E-state index in [0.717, 1.165) is 12.1 Å². The first-order valence-corrected chi connectivity index (χ1v) is 7.22. The van der Waals surface area contributed by atoms with Gasteiger partial charge in [-0.2, -0.15) is 24.9 Å². The van der Waals surface area contributed by atoms with Crippen molar-refractivity contribution in [1.29, 1.82) is 0 Å². The summed E-state index contributed by atoms with van der Waals surface area (Å²) in [4.78, 5) is 13.6. The van der Waals surface area contributed by atoms with E-state index in [9.17, 15) is 22.4 Å². The van der Waals surface area contributed by atoms with E-state index in [1.165, 1.54) is 4.90 Å². The van der Waals surface area contributed by atoms with Crippen LogP contribution in [0.1, 0.15) is 22.8 Å². The molecule has 1 saturated heterocycles. The number of thioether (sulfide) groups is 1. The SMILES string of the molecule is CC1CSCCN1C(=O)c1cccc(C(F)(F)F)c1F. The van der Waals surface area contributed by atoms with Crippen LogP contribution in [0.15, 0.2) is 18.2 Å². The van der Waals surface area contributed by atoms with Gasteiger partial charge in [-0.1, -0.05) is 6.07 Å². The van der Waals surface area contributed by atoms with Gasteiger partial charge in [-0.05, 0) is 19.1 Å². The van der Waals surface area contributed by atoms with Crippen LogP contribution >= 0.6 is 11.8 Å². The Morgan fingerprint density at radius 3 is 2.70 bits per heavy atom. The fraction of sp³-hybridized carbons (Fsp3) is 0.462. The second-order valence-corrected chi connectivity index (χ2v) is 5.74. The first-order chi connectivity index (χ1) is 9.32. The summed E-state index contributed by atoms with van der Waals surface area (Å²) in [5.74, 6) is -0.764. The van der Waals surface area contributed by atoms with Crippen LogP contribution in [0.5, 0.6) is 0 Å². The predicted octanol–water partition coefficient (Wildman–Crippen LogP) is 3.42. The number of benzene rings is 1. The van der Waals surface area contributed by atoms with Gasteiger partial charge in [-0.15, -0.1) is 0 Å². The summed E-state index contributed by atoms with van der Waals surface area (Å²) in [6, 6.07) is 2.68. The lowest BCUT2D eigenvalue weighted by Gasteiger charge is -2.33. The molecule has 0 bridgehead atoms. The van der Waals surface area contributed by atoms with Crippen molar-refractivity contribution in [1.82, 2.24) is 4.90 Å². The van der Waals surface area contributed by atoms with E-state index in [2.05, 4.69) is 0 Å². The van der Waals surface area contributed by atoms with Gasteiger partial charge in [-0.3, -0.25) is 4.79 Å². The summed E-state index contributed by atoms with van der Waals surface area (Å²) in [5.41, 5.74) is -1.92. The lowest BCUT2D eigenvalue weighted by atomic mass is 10.1. The number of carbonyl (C=O) groups is 1. The van der Waals surface area contributed by atoms with E-state index < -0.39 is 29.0 Å². The number of hydrogen-bond acceptors (Lipinski definition) is 2. The van der Waals surface area contributed by atoms with Crippen molar-refractivity contribution in [3.8, 4) is 0 Å². The van der Waals surface area contributed by atoms with E-state index in [-0.39, 0.29) is 6.04 Å². The molecular formula is C13H13F4NOS. The van der Waals surface area contributed by atoms with Crippen LogP contribution in [0.3, 0.4) is 0 Å². The molecule has 1 aromatic rings. The fourth-order valence-electron chi connectivity index (χ4n) is 2.10. The second-order valence-electron chi connectivity index (χ2n) is 4.59. The highest BCUT2D eigenvalue weighted by molar-refractivity contribution is 7.99. The molecule has 1 aliphatic rings. The van der Waals surface area contributed by atoms with Crippen molar-refractivity contribution in [2.75, 3.05) is 18.1 Å². The number of amides is 1. The molecule has 0 N–H and O–H groups in total. The van der Waals surface area contributed by atoms with Crippen molar-refractivity contribution in [2.24, 2.45) is 0 Å². The molecule has 0 aliphatic carbocycles. The minimum Gasteiger partial charge on any atom is -0.334 e. The van der Waals surface area contributed by atoms with Crippen molar-refractivity contribution in [2.45, 2.75) is 19.1 Å². The third-order valence-electron chi connectivity index (χ3n) is 3.16. The summed E-state index contributed by atoms with van der Waals surface area (Å²) in [5, 5.41) is 0. The molecular weight excluding hydrogens is 294 g/mol. The van der Waals surface area contributed by atoms with E-state index in [1.54, 1.807) is 18.7 Å². The Labute approximate surface area is 118 Å². The molecule has 0 aromatic heterocycles. The maximum atomic E-state index is 13.9. The molecule has 1 aromatic carbocycles. The van der Waals surface area contributed by atoms with Gasteiger partial charge in [0.25, 0.3) is 5.91 Å². The van der Waals surface area contributed by atoms with Crippen LogP contribution in [0.25, 0.3) is 0 Å². The first-order valence-electron chi connectivity index (χ1n) is 6.07. The Bertz CT molecular complexity index is 518. The predicted molar refractivity (Wildman–Crippen MR) is 69.2 cm³/mol. The number of alkyl halides is 3. The van der Waals surface area contributed by atoms with Crippen LogP contribution in [0, 0.1) is 5.82 Å². The highest BCUT2D eigenvalue weighted by Crippen LogP contribution is 2.33. The number of carbonyl (C=O) groups excluding carboxylic acids is 1. The lowest BCUT2D eigenvalue weighted by molar-refractivity contribution is -0.140. The highest BCUT2D eigenvalue weighted by atomic mass is 32.2. The van der Waals surface area contributed by atoms with Gasteiger partial charge in [0.05, 0.1) is 11.1 Å². The molecule has 1 unspecified atom stereocenters. The molecule has 0 radical (unpaired) electrons. The van der Waals surface area contributed by atoms with Gasteiger partial charge in [-0.25, -0.2) is 4.39 Å². The lowest BCUT2D eigenvalue weighted by Crippen LogP contribution is -2.44. The van der Waals surface area contributed by atoms with Gasteiger partial charge in [0.2, 0.25) is 0 Å². The zero-order valence-corrected chi connectivity index (χ0v) is 11.5. The smallest absolute Gasteiger partial charge is 0.334 e. The van der Waals surface area contributed by atoms with Gasteiger partial charge >= 0.3 is 6.18 Å². The Morgan fingerprint density at radius 2 is 2.10 bits per heavy atom. The number of halogens is 4. The average molecular weight is 307 g/mol. The van der Waals surface area contributed by atoms with Gasteiger partial charge in [0.15, 0.2) is 0 Å². The number of nitrogens with zero attached hydrogens (tertiary/aromatic N) is 1. The molecule has 1 atom stereocenters. The minimum atomic E-state index is -4.80. The third-order valence-corrected chi connectivity index (χ3v) is 4.35. The van der Waals surface area contributed by atoms with Gasteiger partial charge < -0.3 is 4.90 Å².